The second-order valence-electron chi connectivity index (χ2n) is 7.86. The number of nitrogens with one attached hydrogen (secondary N) is 3. The zero-order valence-corrected chi connectivity index (χ0v) is 20.3. The molecular weight excluding hydrogens is 438 g/mol. The first-order valence-corrected chi connectivity index (χ1v) is 11.6. The minimum Gasteiger partial charge on any atom is -0.494 e. The summed E-state index contributed by atoms with van der Waals surface area (Å²) in [5, 5.41) is 2.50. The number of carbonyl (C=O) groups is 2. The number of aryl methyl sites for hydroxylation is 2. The Kier molecular flexibility index (Phi) is 11.2. The fourth-order valence-electron chi connectivity index (χ4n) is 3.13. The summed E-state index contributed by atoms with van der Waals surface area (Å²) in [5.74, 6) is 0.516. The molecule has 0 heterocycles. The van der Waals surface area contributed by atoms with Crippen molar-refractivity contribution in [2.45, 2.75) is 52.9 Å². The lowest BCUT2D eigenvalue weighted by Gasteiger charge is -2.12. The van der Waals surface area contributed by atoms with Crippen molar-refractivity contribution in [2.24, 2.45) is 0 Å². The smallest absolute Gasteiger partial charge is 0.276 e. The Hall–Kier alpha value is -3.13. The van der Waals surface area contributed by atoms with Gasteiger partial charge in [0.15, 0.2) is 11.7 Å². The maximum Gasteiger partial charge on any atom is 0.276 e. The van der Waals surface area contributed by atoms with E-state index >= 15 is 0 Å². The van der Waals surface area contributed by atoms with E-state index < -0.39 is 5.91 Å². The predicted molar refractivity (Wildman–Crippen MR) is 133 cm³/mol. The summed E-state index contributed by atoms with van der Waals surface area (Å²) in [7, 11) is 0. The fourth-order valence-corrected chi connectivity index (χ4v) is 3.28. The molecule has 7 nitrogen and oxygen atoms in total. The maximum absolute atomic E-state index is 12.3. The van der Waals surface area contributed by atoms with Crippen LogP contribution in [0.15, 0.2) is 42.5 Å². The molecule has 0 radical (unpaired) electrons. The van der Waals surface area contributed by atoms with Crippen molar-refractivity contribution in [1.29, 1.82) is 0 Å². The summed E-state index contributed by atoms with van der Waals surface area (Å²) in [6.45, 7) is 6.58. The molecule has 2 aromatic carbocycles. The lowest BCUT2D eigenvalue weighted by atomic mass is 10.1. The monoisotopic (exact) mass is 471 g/mol. The molecule has 0 aliphatic heterocycles. The van der Waals surface area contributed by atoms with Gasteiger partial charge in [-0.05, 0) is 80.0 Å². The van der Waals surface area contributed by atoms with Gasteiger partial charge in [-0.15, -0.1) is 0 Å². The van der Waals surface area contributed by atoms with Crippen LogP contribution in [-0.2, 0) is 4.79 Å². The maximum atomic E-state index is 12.3. The van der Waals surface area contributed by atoms with Gasteiger partial charge in [0.1, 0.15) is 11.5 Å². The molecule has 0 fully saturated rings. The molecule has 2 amide bonds. The number of carbonyl (C=O) groups excluding carboxylic acids is 2. The SMILES string of the molecule is CCCCCCCOc1ccc(C(=O)NC(=S)NNC(=O)COc2cc(C)cc(C)c2)cc1. The fraction of sp³-hybridized carbons (Fsp3) is 0.400. The van der Waals surface area contributed by atoms with Crippen molar-refractivity contribution in [3.8, 4) is 11.5 Å². The van der Waals surface area contributed by atoms with Crippen LogP contribution in [0.25, 0.3) is 0 Å². The number of hydrazine groups is 1. The van der Waals surface area contributed by atoms with E-state index in [1.807, 2.05) is 32.0 Å². The highest BCUT2D eigenvalue weighted by atomic mass is 32.1. The van der Waals surface area contributed by atoms with E-state index in [9.17, 15) is 9.59 Å². The van der Waals surface area contributed by atoms with Gasteiger partial charge in [-0.1, -0.05) is 38.7 Å². The summed E-state index contributed by atoms with van der Waals surface area (Å²) >= 11 is 5.06. The quantitative estimate of drug-likeness (QED) is 0.256. The van der Waals surface area contributed by atoms with Gasteiger partial charge in [0.2, 0.25) is 0 Å². The summed E-state index contributed by atoms with van der Waals surface area (Å²) in [6.07, 6.45) is 5.88. The normalized spacial score (nSPS) is 10.3. The van der Waals surface area contributed by atoms with Crippen LogP contribution in [0.3, 0.4) is 0 Å². The summed E-state index contributed by atoms with van der Waals surface area (Å²) in [4.78, 5) is 24.3. The Balaban J connectivity index is 1.67. The van der Waals surface area contributed by atoms with Gasteiger partial charge in [-0.3, -0.25) is 25.8 Å². The van der Waals surface area contributed by atoms with Crippen molar-refractivity contribution < 1.29 is 19.1 Å². The third kappa shape index (κ3) is 10.4. The molecule has 0 unspecified atom stereocenters. The minimum atomic E-state index is -0.429. The van der Waals surface area contributed by atoms with Gasteiger partial charge < -0.3 is 9.47 Å². The number of rotatable bonds is 11. The molecule has 2 aromatic rings. The average molecular weight is 472 g/mol. The number of unbranched alkanes of at least 4 members (excludes halogenated alkanes) is 4. The van der Waals surface area contributed by atoms with Crippen LogP contribution in [0.2, 0.25) is 0 Å². The van der Waals surface area contributed by atoms with E-state index in [1.165, 1.54) is 19.3 Å². The van der Waals surface area contributed by atoms with Crippen molar-refractivity contribution in [1.82, 2.24) is 16.2 Å². The first-order valence-electron chi connectivity index (χ1n) is 11.2. The van der Waals surface area contributed by atoms with Gasteiger partial charge in [-0.2, -0.15) is 0 Å². The van der Waals surface area contributed by atoms with E-state index in [2.05, 4.69) is 23.1 Å². The zero-order valence-electron chi connectivity index (χ0n) is 19.5. The van der Waals surface area contributed by atoms with Crippen LogP contribution in [0, 0.1) is 13.8 Å². The third-order valence-corrected chi connectivity index (χ3v) is 4.94. The largest absolute Gasteiger partial charge is 0.494 e. The molecule has 178 valence electrons. The standard InChI is InChI=1S/C25H33N3O4S/c1-4-5-6-7-8-13-31-21-11-9-20(10-12-21)24(30)26-25(33)28-27-23(29)17-32-22-15-18(2)14-19(3)16-22/h9-12,14-16H,4-8,13,17H2,1-3H3,(H,27,29)(H2,26,28,30,33). The molecule has 0 atom stereocenters. The molecule has 0 aliphatic rings. The molecule has 0 spiro atoms. The van der Waals surface area contributed by atoms with E-state index in [4.69, 9.17) is 21.7 Å². The predicted octanol–water partition coefficient (Wildman–Crippen LogP) is 4.37. The van der Waals surface area contributed by atoms with E-state index in [0.717, 1.165) is 29.7 Å². The Morgan fingerprint density at radius 1 is 0.848 bits per heavy atom. The Labute approximate surface area is 201 Å². The molecule has 0 saturated carbocycles. The molecule has 8 heteroatoms. The van der Waals surface area contributed by atoms with Crippen LogP contribution in [0.5, 0.6) is 11.5 Å². The van der Waals surface area contributed by atoms with Crippen LogP contribution in [-0.4, -0.2) is 30.1 Å². The van der Waals surface area contributed by atoms with E-state index in [1.54, 1.807) is 24.3 Å². The summed E-state index contributed by atoms with van der Waals surface area (Å²) in [6, 6.07) is 12.6. The first-order chi connectivity index (χ1) is 15.9. The lowest BCUT2D eigenvalue weighted by molar-refractivity contribution is -0.123. The highest BCUT2D eigenvalue weighted by Crippen LogP contribution is 2.16. The molecular formula is C25H33N3O4S. The number of ether oxygens (including phenoxy) is 2. The van der Waals surface area contributed by atoms with Crippen LogP contribution >= 0.6 is 12.2 Å². The van der Waals surface area contributed by atoms with Gasteiger partial charge in [-0.25, -0.2) is 0 Å². The average Bonchev–Trinajstić information content (AvgIpc) is 2.78. The van der Waals surface area contributed by atoms with Crippen molar-refractivity contribution in [3.05, 3.63) is 59.2 Å². The molecule has 33 heavy (non-hydrogen) atoms. The number of thiocarbonyl (C=S) groups is 1. The highest BCUT2D eigenvalue weighted by molar-refractivity contribution is 7.80. The van der Waals surface area contributed by atoms with Gasteiger partial charge in [0.25, 0.3) is 11.8 Å². The minimum absolute atomic E-state index is 0.0212. The number of hydrogen-bond acceptors (Lipinski definition) is 5. The molecule has 0 aromatic heterocycles. The second kappa shape index (κ2) is 14.1. The summed E-state index contributed by atoms with van der Waals surface area (Å²) < 4.78 is 11.2. The molecule has 0 aliphatic carbocycles. The van der Waals surface area contributed by atoms with Crippen LogP contribution in [0.4, 0.5) is 0 Å². The Bertz CT molecular complexity index is 911. The second-order valence-corrected chi connectivity index (χ2v) is 8.26. The Morgan fingerprint density at radius 2 is 1.52 bits per heavy atom. The first kappa shape index (κ1) is 26.1. The molecule has 2 rings (SSSR count). The molecule has 3 N–H and O–H groups in total. The van der Waals surface area contributed by atoms with Crippen molar-refractivity contribution in [2.75, 3.05) is 13.2 Å². The number of hydrogen-bond donors (Lipinski definition) is 3. The van der Waals surface area contributed by atoms with Gasteiger partial charge in [0, 0.05) is 5.56 Å². The lowest BCUT2D eigenvalue weighted by Crippen LogP contribution is -2.49. The van der Waals surface area contributed by atoms with E-state index in [0.29, 0.717) is 17.9 Å². The van der Waals surface area contributed by atoms with Crippen molar-refractivity contribution in [3.63, 3.8) is 0 Å². The number of amides is 2. The van der Waals surface area contributed by atoms with Crippen LogP contribution < -0.4 is 25.6 Å². The third-order valence-electron chi connectivity index (χ3n) is 4.74. The zero-order chi connectivity index (χ0) is 24.1. The van der Waals surface area contributed by atoms with Crippen molar-refractivity contribution >= 4 is 29.1 Å². The van der Waals surface area contributed by atoms with Gasteiger partial charge >= 0.3 is 0 Å². The molecule has 0 saturated heterocycles. The summed E-state index contributed by atoms with van der Waals surface area (Å²) in [5.41, 5.74) is 7.43. The van der Waals surface area contributed by atoms with E-state index in [-0.39, 0.29) is 17.6 Å². The van der Waals surface area contributed by atoms with Gasteiger partial charge in [0.05, 0.1) is 6.61 Å². The van der Waals surface area contributed by atoms with Crippen LogP contribution in [0.1, 0.15) is 60.5 Å². The number of benzene rings is 2. The Morgan fingerprint density at radius 3 is 2.18 bits per heavy atom. The topological polar surface area (TPSA) is 88.7 Å². The molecule has 0 bridgehead atoms. The highest BCUT2D eigenvalue weighted by Gasteiger charge is 2.09.